The van der Waals surface area contributed by atoms with Gasteiger partial charge in [-0.3, -0.25) is 9.59 Å². The number of rotatable bonds is 7. The highest BCUT2D eigenvalue weighted by molar-refractivity contribution is 5.91. The van der Waals surface area contributed by atoms with E-state index >= 15 is 0 Å². The Morgan fingerprint density at radius 1 is 0.938 bits per heavy atom. The molecular formula is C24H19FN4O3. The topological polar surface area (TPSA) is 97.1 Å². The van der Waals surface area contributed by atoms with Crippen LogP contribution in [0, 0.1) is 5.82 Å². The smallest absolute Gasteiger partial charge is 0.305 e. The summed E-state index contributed by atoms with van der Waals surface area (Å²) in [4.78, 5) is 28.7. The number of nitrogens with one attached hydrogen (secondary N) is 1. The van der Waals surface area contributed by atoms with E-state index in [1.165, 1.54) is 18.2 Å². The van der Waals surface area contributed by atoms with Crippen molar-refractivity contribution in [3.8, 4) is 17.1 Å². The van der Waals surface area contributed by atoms with Gasteiger partial charge in [-0.1, -0.05) is 66.7 Å². The molecule has 1 heterocycles. The molecule has 0 aliphatic heterocycles. The number of carboxylic acids is 1. The number of hydrogen-bond acceptors (Lipinski definition) is 4. The Hall–Kier alpha value is -4.33. The largest absolute Gasteiger partial charge is 0.481 e. The number of carbonyl (C=O) groups is 2. The van der Waals surface area contributed by atoms with Crippen molar-refractivity contribution in [3.05, 3.63) is 102 Å². The summed E-state index contributed by atoms with van der Waals surface area (Å²) in [5.41, 5.74) is 1.53. The first-order valence-corrected chi connectivity index (χ1v) is 9.88. The van der Waals surface area contributed by atoms with Crippen LogP contribution in [0.15, 0.2) is 84.9 Å². The van der Waals surface area contributed by atoms with Crippen LogP contribution in [0.2, 0.25) is 0 Å². The number of amides is 1. The minimum Gasteiger partial charge on any atom is -0.481 e. The lowest BCUT2D eigenvalue weighted by Crippen LogP contribution is -2.31. The van der Waals surface area contributed by atoms with Gasteiger partial charge in [-0.15, -0.1) is 5.10 Å². The molecule has 3 aromatic carbocycles. The highest BCUT2D eigenvalue weighted by Gasteiger charge is 2.25. The number of aliphatic carboxylic acids is 1. The normalized spacial score (nSPS) is 11.7. The van der Waals surface area contributed by atoms with Crippen LogP contribution in [-0.2, 0) is 4.79 Å². The van der Waals surface area contributed by atoms with Crippen molar-refractivity contribution in [1.82, 2.24) is 20.1 Å². The highest BCUT2D eigenvalue weighted by Crippen LogP contribution is 2.23. The Bertz CT molecular complexity index is 1190. The Kier molecular flexibility index (Phi) is 6.03. The second-order valence-electron chi connectivity index (χ2n) is 7.02. The average Bonchev–Trinajstić information content (AvgIpc) is 3.26. The van der Waals surface area contributed by atoms with Crippen LogP contribution in [-0.4, -0.2) is 31.7 Å². The zero-order valence-electron chi connectivity index (χ0n) is 16.9. The third-order valence-corrected chi connectivity index (χ3v) is 4.81. The van der Waals surface area contributed by atoms with Crippen molar-refractivity contribution in [2.45, 2.75) is 12.5 Å². The van der Waals surface area contributed by atoms with Gasteiger partial charge in [0.2, 0.25) is 5.82 Å². The summed E-state index contributed by atoms with van der Waals surface area (Å²) in [6.45, 7) is 0. The first-order valence-electron chi connectivity index (χ1n) is 9.88. The van der Waals surface area contributed by atoms with Gasteiger partial charge in [-0.2, -0.15) is 0 Å². The monoisotopic (exact) mass is 430 g/mol. The number of halogens is 1. The highest BCUT2D eigenvalue weighted by atomic mass is 19.1. The molecule has 0 bridgehead atoms. The average molecular weight is 430 g/mol. The van der Waals surface area contributed by atoms with E-state index in [2.05, 4.69) is 15.4 Å². The van der Waals surface area contributed by atoms with Crippen LogP contribution in [0.3, 0.4) is 0 Å². The van der Waals surface area contributed by atoms with E-state index in [0.717, 1.165) is 5.56 Å². The molecule has 1 amide bonds. The van der Waals surface area contributed by atoms with Gasteiger partial charge in [-0.05, 0) is 18.2 Å². The van der Waals surface area contributed by atoms with Crippen molar-refractivity contribution in [1.29, 1.82) is 0 Å². The van der Waals surface area contributed by atoms with Crippen molar-refractivity contribution >= 4 is 11.9 Å². The molecule has 0 fully saturated rings. The van der Waals surface area contributed by atoms with Gasteiger partial charge in [0.05, 0.1) is 18.2 Å². The standard InChI is InChI=1S/C24H19FN4O3/c25-19-14-8-7-13-18(19)20(15-21(30)31)26-24(32)22-27-23(16-9-3-1-4-10-16)29(28-22)17-11-5-2-6-12-17/h1-14,20H,15H2,(H,26,32)(H,30,31)/t20-/m0/s1. The molecule has 1 atom stereocenters. The van der Waals surface area contributed by atoms with Crippen LogP contribution >= 0.6 is 0 Å². The molecule has 0 aliphatic carbocycles. The van der Waals surface area contributed by atoms with Crippen LogP contribution in [0.25, 0.3) is 17.1 Å². The quantitative estimate of drug-likeness (QED) is 0.462. The Balaban J connectivity index is 1.71. The molecule has 8 heteroatoms. The lowest BCUT2D eigenvalue weighted by atomic mass is 10.0. The maximum absolute atomic E-state index is 14.3. The first-order chi connectivity index (χ1) is 15.5. The molecule has 32 heavy (non-hydrogen) atoms. The van der Waals surface area contributed by atoms with Gasteiger partial charge >= 0.3 is 5.97 Å². The van der Waals surface area contributed by atoms with E-state index in [1.807, 2.05) is 60.7 Å². The molecule has 160 valence electrons. The molecule has 0 saturated heterocycles. The SMILES string of the molecule is O=C(O)C[C@H](NC(=O)c1nc(-c2ccccc2)n(-c2ccccc2)n1)c1ccccc1F. The van der Waals surface area contributed by atoms with Crippen LogP contribution in [0.4, 0.5) is 4.39 Å². The third-order valence-electron chi connectivity index (χ3n) is 4.81. The molecule has 0 saturated carbocycles. The third kappa shape index (κ3) is 4.54. The number of para-hydroxylation sites is 1. The summed E-state index contributed by atoms with van der Waals surface area (Å²) in [6, 6.07) is 23.1. The van der Waals surface area contributed by atoms with Crippen LogP contribution in [0.5, 0.6) is 0 Å². The van der Waals surface area contributed by atoms with Gasteiger partial charge in [-0.25, -0.2) is 14.1 Å². The van der Waals surface area contributed by atoms with Gasteiger partial charge in [0.25, 0.3) is 5.91 Å². The number of aromatic nitrogens is 3. The molecule has 0 spiro atoms. The number of carbonyl (C=O) groups excluding carboxylic acids is 1. The first kappa shape index (κ1) is 20.9. The van der Waals surface area contributed by atoms with Crippen molar-refractivity contribution < 1.29 is 19.1 Å². The van der Waals surface area contributed by atoms with E-state index in [0.29, 0.717) is 11.5 Å². The van der Waals surface area contributed by atoms with Crippen molar-refractivity contribution in [3.63, 3.8) is 0 Å². The van der Waals surface area contributed by atoms with Crippen LogP contribution in [0.1, 0.15) is 28.6 Å². The lowest BCUT2D eigenvalue weighted by Gasteiger charge is -2.17. The summed E-state index contributed by atoms with van der Waals surface area (Å²) in [5, 5.41) is 16.2. The Labute approximate surface area is 183 Å². The Morgan fingerprint density at radius 3 is 2.22 bits per heavy atom. The molecule has 0 radical (unpaired) electrons. The van der Waals surface area contributed by atoms with E-state index in [4.69, 9.17) is 0 Å². The fraction of sp³-hybridized carbons (Fsp3) is 0.0833. The number of nitrogens with zero attached hydrogens (tertiary/aromatic N) is 3. The molecule has 0 aliphatic rings. The number of hydrogen-bond donors (Lipinski definition) is 2. The molecule has 4 aromatic rings. The van der Waals surface area contributed by atoms with E-state index < -0.39 is 30.2 Å². The Morgan fingerprint density at radius 2 is 1.56 bits per heavy atom. The number of carboxylic acid groups (broad SMARTS) is 1. The molecular weight excluding hydrogens is 411 g/mol. The van der Waals surface area contributed by atoms with Gasteiger partial charge in [0.1, 0.15) is 5.82 Å². The molecule has 2 N–H and O–H groups in total. The zero-order valence-corrected chi connectivity index (χ0v) is 16.9. The molecule has 0 unspecified atom stereocenters. The second-order valence-corrected chi connectivity index (χ2v) is 7.02. The van der Waals surface area contributed by atoms with Crippen molar-refractivity contribution in [2.75, 3.05) is 0 Å². The predicted molar refractivity (Wildman–Crippen MR) is 116 cm³/mol. The summed E-state index contributed by atoms with van der Waals surface area (Å²) in [7, 11) is 0. The van der Waals surface area contributed by atoms with Crippen LogP contribution < -0.4 is 5.32 Å². The fourth-order valence-corrected chi connectivity index (χ4v) is 3.33. The molecule has 4 rings (SSSR count). The maximum Gasteiger partial charge on any atom is 0.305 e. The summed E-state index contributed by atoms with van der Waals surface area (Å²) < 4.78 is 15.8. The molecule has 1 aromatic heterocycles. The lowest BCUT2D eigenvalue weighted by molar-refractivity contribution is -0.137. The molecule has 7 nitrogen and oxygen atoms in total. The van der Waals surface area contributed by atoms with Crippen molar-refractivity contribution in [2.24, 2.45) is 0 Å². The zero-order chi connectivity index (χ0) is 22.5. The van der Waals surface area contributed by atoms with Gasteiger partial charge in [0, 0.05) is 11.1 Å². The van der Waals surface area contributed by atoms with Gasteiger partial charge in [0.15, 0.2) is 5.82 Å². The summed E-state index contributed by atoms with van der Waals surface area (Å²) in [6.07, 6.45) is -0.488. The predicted octanol–water partition coefficient (Wildman–Crippen LogP) is 4.02. The minimum atomic E-state index is -1.17. The maximum atomic E-state index is 14.3. The van der Waals surface area contributed by atoms with E-state index in [9.17, 15) is 19.1 Å². The van der Waals surface area contributed by atoms with E-state index in [-0.39, 0.29) is 11.4 Å². The van der Waals surface area contributed by atoms with Gasteiger partial charge < -0.3 is 10.4 Å². The number of benzene rings is 3. The van der Waals surface area contributed by atoms with E-state index in [1.54, 1.807) is 10.7 Å². The second kappa shape index (κ2) is 9.22. The minimum absolute atomic E-state index is 0.0778. The summed E-state index contributed by atoms with van der Waals surface area (Å²) >= 11 is 0. The summed E-state index contributed by atoms with van der Waals surface area (Å²) in [5.74, 6) is -2.19. The fourth-order valence-electron chi connectivity index (χ4n) is 3.33.